The summed E-state index contributed by atoms with van der Waals surface area (Å²) in [5.74, 6) is 0.974. The summed E-state index contributed by atoms with van der Waals surface area (Å²) in [5, 5.41) is 2.29. The van der Waals surface area contributed by atoms with Crippen LogP contribution in [0.3, 0.4) is 0 Å². The minimum absolute atomic E-state index is 0.807. The molecular formula is C15H19NO. The maximum Gasteiger partial charge on any atom is 0.127 e. The molecule has 0 aliphatic carbocycles. The first-order chi connectivity index (χ1) is 8.42. The molecule has 0 bridgehead atoms. The normalized spacial score (nSPS) is 10.6. The van der Waals surface area contributed by atoms with E-state index in [0.29, 0.717) is 0 Å². The van der Waals surface area contributed by atoms with Gasteiger partial charge in [-0.1, -0.05) is 38.3 Å². The van der Waals surface area contributed by atoms with Crippen LogP contribution in [-0.2, 0) is 0 Å². The van der Waals surface area contributed by atoms with E-state index in [1.54, 1.807) is 0 Å². The fourth-order valence-electron chi connectivity index (χ4n) is 1.93. The Morgan fingerprint density at radius 2 is 2.06 bits per heavy atom. The Morgan fingerprint density at radius 1 is 1.12 bits per heavy atom. The number of pyridine rings is 1. The van der Waals surface area contributed by atoms with Crippen LogP contribution in [0, 0.1) is 0 Å². The fraction of sp³-hybridized carbons (Fsp3) is 0.400. The third-order valence-corrected chi connectivity index (χ3v) is 2.90. The van der Waals surface area contributed by atoms with E-state index in [2.05, 4.69) is 18.0 Å². The summed E-state index contributed by atoms with van der Waals surface area (Å²) in [6, 6.07) is 8.12. The van der Waals surface area contributed by atoms with Crippen molar-refractivity contribution in [2.75, 3.05) is 6.61 Å². The van der Waals surface area contributed by atoms with Gasteiger partial charge in [0.1, 0.15) is 5.75 Å². The molecule has 0 saturated carbocycles. The molecule has 1 heterocycles. The van der Waals surface area contributed by atoms with E-state index in [9.17, 15) is 0 Å². The zero-order valence-electron chi connectivity index (χ0n) is 10.4. The van der Waals surface area contributed by atoms with Gasteiger partial charge in [0, 0.05) is 23.2 Å². The molecule has 17 heavy (non-hydrogen) atoms. The van der Waals surface area contributed by atoms with Crippen LogP contribution < -0.4 is 4.74 Å². The van der Waals surface area contributed by atoms with Crippen LogP contribution in [0.15, 0.2) is 36.7 Å². The van der Waals surface area contributed by atoms with E-state index < -0.39 is 0 Å². The molecule has 0 aliphatic rings. The number of aromatic nitrogens is 1. The fourth-order valence-corrected chi connectivity index (χ4v) is 1.93. The van der Waals surface area contributed by atoms with Crippen LogP contribution in [0.2, 0.25) is 0 Å². The Bertz CT molecular complexity index is 462. The zero-order chi connectivity index (χ0) is 11.9. The minimum Gasteiger partial charge on any atom is -0.493 e. The predicted molar refractivity (Wildman–Crippen MR) is 71.4 cm³/mol. The summed E-state index contributed by atoms with van der Waals surface area (Å²) in [6.07, 6.45) is 8.63. The molecule has 2 nitrogen and oxygen atoms in total. The second kappa shape index (κ2) is 6.24. The van der Waals surface area contributed by atoms with Crippen molar-refractivity contribution in [1.29, 1.82) is 0 Å². The van der Waals surface area contributed by atoms with E-state index in [1.807, 2.05) is 30.6 Å². The molecule has 0 spiro atoms. The van der Waals surface area contributed by atoms with Gasteiger partial charge in [0.2, 0.25) is 0 Å². The van der Waals surface area contributed by atoms with Crippen LogP contribution in [0.25, 0.3) is 10.8 Å². The lowest BCUT2D eigenvalue weighted by molar-refractivity contribution is 0.308. The van der Waals surface area contributed by atoms with Crippen molar-refractivity contribution < 1.29 is 4.74 Å². The highest BCUT2D eigenvalue weighted by molar-refractivity contribution is 5.87. The van der Waals surface area contributed by atoms with E-state index in [-0.39, 0.29) is 0 Å². The Labute approximate surface area is 103 Å². The molecule has 0 saturated heterocycles. The van der Waals surface area contributed by atoms with Gasteiger partial charge in [-0.25, -0.2) is 0 Å². The average Bonchev–Trinajstić information content (AvgIpc) is 2.39. The summed E-state index contributed by atoms with van der Waals surface area (Å²) >= 11 is 0. The van der Waals surface area contributed by atoms with Gasteiger partial charge in [0.05, 0.1) is 6.61 Å². The maximum atomic E-state index is 5.84. The van der Waals surface area contributed by atoms with E-state index in [0.717, 1.165) is 29.5 Å². The van der Waals surface area contributed by atoms with E-state index >= 15 is 0 Å². The van der Waals surface area contributed by atoms with Crippen LogP contribution in [-0.4, -0.2) is 11.6 Å². The van der Waals surface area contributed by atoms with Gasteiger partial charge >= 0.3 is 0 Å². The van der Waals surface area contributed by atoms with Gasteiger partial charge in [0.15, 0.2) is 0 Å². The molecule has 2 heteroatoms. The minimum atomic E-state index is 0.807. The first-order valence-corrected chi connectivity index (χ1v) is 6.37. The van der Waals surface area contributed by atoms with Crippen molar-refractivity contribution in [3.05, 3.63) is 36.7 Å². The molecule has 2 rings (SSSR count). The Balaban J connectivity index is 1.98. The number of hydrogen-bond donors (Lipinski definition) is 0. The quantitative estimate of drug-likeness (QED) is 0.693. The van der Waals surface area contributed by atoms with Crippen molar-refractivity contribution >= 4 is 10.8 Å². The smallest absolute Gasteiger partial charge is 0.127 e. The number of rotatable bonds is 6. The number of ether oxygens (including phenoxy) is 1. The first kappa shape index (κ1) is 11.9. The highest BCUT2D eigenvalue weighted by atomic mass is 16.5. The largest absolute Gasteiger partial charge is 0.493 e. The highest BCUT2D eigenvalue weighted by Gasteiger charge is 2.00. The number of unbranched alkanes of at least 4 members (excludes halogenated alkanes) is 3. The van der Waals surface area contributed by atoms with Gasteiger partial charge in [-0.2, -0.15) is 0 Å². The molecule has 1 aromatic heterocycles. The van der Waals surface area contributed by atoms with Crippen molar-refractivity contribution in [1.82, 2.24) is 4.98 Å². The predicted octanol–water partition coefficient (Wildman–Crippen LogP) is 4.19. The Kier molecular flexibility index (Phi) is 4.37. The lowest BCUT2D eigenvalue weighted by Crippen LogP contribution is -1.97. The number of benzene rings is 1. The van der Waals surface area contributed by atoms with Crippen LogP contribution >= 0.6 is 0 Å². The van der Waals surface area contributed by atoms with Crippen molar-refractivity contribution in [2.45, 2.75) is 32.6 Å². The van der Waals surface area contributed by atoms with Gasteiger partial charge in [-0.05, 0) is 18.6 Å². The molecule has 0 N–H and O–H groups in total. The summed E-state index contributed by atoms with van der Waals surface area (Å²) in [4.78, 5) is 4.12. The average molecular weight is 229 g/mol. The molecular weight excluding hydrogens is 210 g/mol. The topological polar surface area (TPSA) is 22.1 Å². The lowest BCUT2D eigenvalue weighted by Gasteiger charge is -2.08. The number of nitrogens with zero attached hydrogens (tertiary/aromatic N) is 1. The van der Waals surface area contributed by atoms with Gasteiger partial charge in [-0.3, -0.25) is 4.98 Å². The summed E-state index contributed by atoms with van der Waals surface area (Å²) in [6.45, 7) is 3.03. The third-order valence-electron chi connectivity index (χ3n) is 2.90. The zero-order valence-corrected chi connectivity index (χ0v) is 10.4. The van der Waals surface area contributed by atoms with Crippen LogP contribution in [0.4, 0.5) is 0 Å². The first-order valence-electron chi connectivity index (χ1n) is 6.37. The highest BCUT2D eigenvalue weighted by Crippen LogP contribution is 2.24. The van der Waals surface area contributed by atoms with E-state index in [4.69, 9.17) is 4.74 Å². The van der Waals surface area contributed by atoms with Crippen molar-refractivity contribution in [3.8, 4) is 5.75 Å². The van der Waals surface area contributed by atoms with Gasteiger partial charge in [-0.15, -0.1) is 0 Å². The van der Waals surface area contributed by atoms with Gasteiger partial charge in [0.25, 0.3) is 0 Å². The molecule has 0 radical (unpaired) electrons. The Morgan fingerprint density at radius 3 is 2.94 bits per heavy atom. The van der Waals surface area contributed by atoms with Crippen LogP contribution in [0.5, 0.6) is 5.75 Å². The molecule has 0 amide bonds. The number of fused-ring (bicyclic) bond motifs is 1. The summed E-state index contributed by atoms with van der Waals surface area (Å²) in [5.41, 5.74) is 0. The third kappa shape index (κ3) is 3.19. The second-order valence-corrected chi connectivity index (χ2v) is 4.26. The molecule has 0 fully saturated rings. The second-order valence-electron chi connectivity index (χ2n) is 4.26. The summed E-state index contributed by atoms with van der Waals surface area (Å²) < 4.78 is 5.84. The summed E-state index contributed by atoms with van der Waals surface area (Å²) in [7, 11) is 0. The monoisotopic (exact) mass is 229 g/mol. The Hall–Kier alpha value is -1.57. The number of hydrogen-bond acceptors (Lipinski definition) is 2. The van der Waals surface area contributed by atoms with E-state index in [1.165, 1.54) is 19.3 Å². The SMILES string of the molecule is CCCCCCOc1cccc2cnccc12. The van der Waals surface area contributed by atoms with Crippen molar-refractivity contribution in [2.24, 2.45) is 0 Å². The van der Waals surface area contributed by atoms with Crippen LogP contribution in [0.1, 0.15) is 32.6 Å². The molecule has 1 aromatic carbocycles. The molecule has 0 unspecified atom stereocenters. The standard InChI is InChI=1S/C15H19NO/c1-2-3-4-5-11-17-15-8-6-7-13-12-16-10-9-14(13)15/h6-10,12H,2-5,11H2,1H3. The molecule has 2 aromatic rings. The molecule has 0 atom stereocenters. The maximum absolute atomic E-state index is 5.84. The lowest BCUT2D eigenvalue weighted by atomic mass is 10.1. The van der Waals surface area contributed by atoms with Gasteiger partial charge < -0.3 is 4.74 Å². The molecule has 90 valence electrons. The van der Waals surface area contributed by atoms with Crippen molar-refractivity contribution in [3.63, 3.8) is 0 Å². The molecule has 0 aliphatic heterocycles.